The fourth-order valence-corrected chi connectivity index (χ4v) is 0. The summed E-state index contributed by atoms with van der Waals surface area (Å²) >= 11 is 1.67. The number of rotatable bonds is 1. The van der Waals surface area contributed by atoms with Crippen molar-refractivity contribution in [2.24, 2.45) is 0 Å². The molecule has 0 aromatic heterocycles. The molecule has 0 spiro atoms. The third-order valence-corrected chi connectivity index (χ3v) is 1.78. The molecule has 17 heavy (non-hydrogen) atoms. The second kappa shape index (κ2) is 20.6. The van der Waals surface area contributed by atoms with E-state index in [-0.39, 0.29) is 0 Å². The number of carbonyl (C=O) groups excluding carboxylic acids is 3. The van der Waals surface area contributed by atoms with Crippen LogP contribution in [0.15, 0.2) is 0 Å². The van der Waals surface area contributed by atoms with Gasteiger partial charge in [0.25, 0.3) is 0 Å². The summed E-state index contributed by atoms with van der Waals surface area (Å²) in [5.41, 5.74) is 0. The number of hydrogen-bond donors (Lipinski definition) is 0. The predicted molar refractivity (Wildman–Crippen MR) is 57.5 cm³/mol. The van der Waals surface area contributed by atoms with Gasteiger partial charge < -0.3 is 29.7 Å². The zero-order valence-electron chi connectivity index (χ0n) is 10.7. The minimum absolute atomic E-state index is 0.972. The monoisotopic (exact) mass is 354 g/mol. The molecule has 6 nitrogen and oxygen atoms in total. The second-order valence-corrected chi connectivity index (χ2v) is 5.60. The van der Waals surface area contributed by atoms with Gasteiger partial charge in [0.1, 0.15) is 0 Å². The van der Waals surface area contributed by atoms with Gasteiger partial charge in [-0.25, -0.2) is 0 Å². The molecule has 7 heteroatoms. The van der Waals surface area contributed by atoms with E-state index in [0.29, 0.717) is 0 Å². The molecule has 0 saturated carbocycles. The summed E-state index contributed by atoms with van der Waals surface area (Å²) in [6.07, 6.45) is 1.35. The van der Waals surface area contributed by atoms with Gasteiger partial charge in [-0.15, -0.1) is 0 Å². The first-order valence-electron chi connectivity index (χ1n) is 4.71. The van der Waals surface area contributed by atoms with E-state index in [1.165, 1.54) is 6.42 Å². The third kappa shape index (κ3) is 1820. The molecule has 0 saturated heterocycles. The van der Waals surface area contributed by atoms with Gasteiger partial charge in [0.2, 0.25) is 0 Å². The Morgan fingerprint density at radius 3 is 1.00 bits per heavy atom. The molecular formula is C10H18O6Sn. The van der Waals surface area contributed by atoms with Crippen LogP contribution in [0.1, 0.15) is 41.0 Å². The number of carbonyl (C=O) groups is 3. The van der Waals surface area contributed by atoms with Crippen LogP contribution in [-0.4, -0.2) is 40.4 Å². The predicted octanol–water partition coefficient (Wildman–Crippen LogP) is -2.36. The van der Waals surface area contributed by atoms with E-state index in [1.54, 1.807) is 22.5 Å². The average Bonchev–Trinajstić information content (AvgIpc) is 2.00. The van der Waals surface area contributed by atoms with Crippen molar-refractivity contribution in [3.63, 3.8) is 0 Å². The van der Waals surface area contributed by atoms with Crippen molar-refractivity contribution in [1.82, 2.24) is 0 Å². The summed E-state index contributed by atoms with van der Waals surface area (Å²) in [4.78, 5) is 26.7. The molecule has 0 aliphatic carbocycles. The van der Waals surface area contributed by atoms with Crippen LogP contribution in [0.5, 0.6) is 0 Å². The van der Waals surface area contributed by atoms with Crippen molar-refractivity contribution >= 4 is 40.4 Å². The van der Waals surface area contributed by atoms with Crippen LogP contribution in [0.2, 0.25) is 3.93 Å². The van der Waals surface area contributed by atoms with Gasteiger partial charge in [-0.1, -0.05) is 0 Å². The molecule has 1 atom stereocenters. The van der Waals surface area contributed by atoms with Crippen LogP contribution in [-0.2, 0) is 14.4 Å². The van der Waals surface area contributed by atoms with Crippen molar-refractivity contribution < 1.29 is 29.7 Å². The van der Waals surface area contributed by atoms with E-state index in [4.69, 9.17) is 29.7 Å². The molecule has 1 unspecified atom stereocenters. The molecule has 0 aliphatic rings. The summed E-state index contributed by atoms with van der Waals surface area (Å²) in [5, 5.41) is 26.7. The normalized spacial score (nSPS) is 8.88. The first-order chi connectivity index (χ1) is 7.47. The number of hydrogen-bond acceptors (Lipinski definition) is 6. The van der Waals surface area contributed by atoms with Crippen molar-refractivity contribution in [2.45, 2.75) is 45.0 Å². The Morgan fingerprint density at radius 2 is 1.00 bits per heavy atom. The average molecular weight is 353 g/mol. The van der Waals surface area contributed by atoms with E-state index in [1.807, 2.05) is 0 Å². The number of carboxylic acids is 3. The Hall–Kier alpha value is -0.791. The zero-order chi connectivity index (χ0) is 15.0. The topological polar surface area (TPSA) is 120 Å². The van der Waals surface area contributed by atoms with Gasteiger partial charge in [-0.2, -0.15) is 0 Å². The van der Waals surface area contributed by atoms with Gasteiger partial charge in [-0.3, -0.25) is 0 Å². The van der Waals surface area contributed by atoms with Gasteiger partial charge in [0.15, 0.2) is 0 Å². The van der Waals surface area contributed by atoms with Gasteiger partial charge in [0.05, 0.1) is 0 Å². The van der Waals surface area contributed by atoms with E-state index in [2.05, 4.69) is 13.8 Å². The summed E-state index contributed by atoms with van der Waals surface area (Å²) in [6, 6.07) is 0. The van der Waals surface area contributed by atoms with E-state index >= 15 is 0 Å². The maximum absolute atomic E-state index is 8.89. The Kier molecular flexibility index (Phi) is 30.5. The molecule has 0 heterocycles. The van der Waals surface area contributed by atoms with Crippen molar-refractivity contribution in [1.29, 1.82) is 0 Å². The molecule has 0 aromatic carbocycles. The van der Waals surface area contributed by atoms with Gasteiger partial charge >= 0.3 is 46.7 Å². The fraction of sp³-hybridized carbons (Fsp3) is 0.700. The Labute approximate surface area is 115 Å². The van der Waals surface area contributed by atoms with Crippen molar-refractivity contribution in [3.05, 3.63) is 0 Å². The molecule has 0 aromatic rings. The second-order valence-electron chi connectivity index (χ2n) is 2.78. The Morgan fingerprint density at radius 1 is 0.941 bits per heavy atom. The van der Waals surface area contributed by atoms with Crippen LogP contribution in [0.3, 0.4) is 0 Å². The molecule has 98 valence electrons. The first kappa shape index (κ1) is 25.2. The number of carboxylic acid groups (broad SMARTS) is 3. The summed E-state index contributed by atoms with van der Waals surface area (Å²) in [6.45, 7) is 7.40. The summed E-state index contributed by atoms with van der Waals surface area (Å²) < 4.78 is 0.974. The maximum atomic E-state index is 8.89. The van der Waals surface area contributed by atoms with Crippen LogP contribution in [0, 0.1) is 0 Å². The molecule has 0 fully saturated rings. The standard InChI is InChI=1S/C4H9.3C2H4O2.Sn/c1-3-4-2;3*1-2(3)4;/h3H,4H2,1-2H3;3*1H3,(H,3,4);/q;;;;+3/p-3. The van der Waals surface area contributed by atoms with E-state index in [0.717, 1.165) is 24.7 Å². The zero-order valence-corrected chi connectivity index (χ0v) is 13.6. The quantitative estimate of drug-likeness (QED) is 0.487. The fourth-order valence-electron chi connectivity index (χ4n) is 0. The van der Waals surface area contributed by atoms with Gasteiger partial charge in [-0.05, 0) is 20.8 Å². The van der Waals surface area contributed by atoms with Crippen LogP contribution in [0.25, 0.3) is 0 Å². The number of aliphatic carboxylic acids is 3. The van der Waals surface area contributed by atoms with E-state index in [9.17, 15) is 0 Å². The molecular weight excluding hydrogens is 335 g/mol. The summed E-state index contributed by atoms with van der Waals surface area (Å²) in [5.74, 6) is -3.25. The van der Waals surface area contributed by atoms with Gasteiger partial charge in [0, 0.05) is 17.9 Å². The first-order valence-corrected chi connectivity index (χ1v) is 6.35. The molecule has 0 aliphatic heterocycles. The van der Waals surface area contributed by atoms with E-state index < -0.39 is 17.9 Å². The SMILES string of the molecule is CC(=O)[O-].CC(=O)[O-].CC(=O)[O-].CC[CH](C)[Sn+3]. The van der Waals surface area contributed by atoms with Crippen molar-refractivity contribution in [2.75, 3.05) is 0 Å². The molecule has 0 bridgehead atoms. The van der Waals surface area contributed by atoms with Crippen LogP contribution in [0.4, 0.5) is 0 Å². The minimum atomic E-state index is -1.08. The van der Waals surface area contributed by atoms with Crippen molar-refractivity contribution in [3.8, 4) is 0 Å². The molecule has 0 rings (SSSR count). The van der Waals surface area contributed by atoms with Crippen LogP contribution >= 0.6 is 0 Å². The van der Waals surface area contributed by atoms with Crippen LogP contribution < -0.4 is 15.3 Å². The summed E-state index contributed by atoms with van der Waals surface area (Å²) in [7, 11) is 0. The molecule has 0 N–H and O–H groups in total. The third-order valence-electron chi connectivity index (χ3n) is 0.612. The Bertz CT molecular complexity index is 162. The Balaban J connectivity index is -0.0000000667. The molecule has 0 amide bonds. The molecule has 0 radical (unpaired) electrons.